The molecule has 1 aromatic rings. The Morgan fingerprint density at radius 1 is 1.08 bits per heavy atom. The molecule has 0 aromatic heterocycles. The van der Waals surface area contributed by atoms with Crippen molar-refractivity contribution in [2.24, 2.45) is 0 Å². The van der Waals surface area contributed by atoms with Gasteiger partial charge < -0.3 is 5.32 Å². The lowest BCUT2D eigenvalue weighted by atomic mass is 9.99. The summed E-state index contributed by atoms with van der Waals surface area (Å²) in [6.07, 6.45) is 3.64. The summed E-state index contributed by atoms with van der Waals surface area (Å²) in [5, 5.41) is 3.43. The number of benzene rings is 1. The third-order valence-corrected chi connectivity index (χ3v) is 3.03. The molecule has 0 fully saturated rings. The quantitative estimate of drug-likeness (QED) is 0.734. The highest BCUT2D eigenvalue weighted by atomic mass is 79.9. The minimum absolute atomic E-state index is 1.11. The van der Waals surface area contributed by atoms with Crippen LogP contribution in [0.5, 0.6) is 0 Å². The van der Waals surface area contributed by atoms with Crippen molar-refractivity contribution in [2.75, 3.05) is 13.1 Å². The molecule has 0 radical (unpaired) electrons. The van der Waals surface area contributed by atoms with Gasteiger partial charge in [0, 0.05) is 4.47 Å². The molecule has 0 unspecified atom stereocenters. The molecule has 0 saturated carbocycles. The van der Waals surface area contributed by atoms with Gasteiger partial charge in [-0.05, 0) is 55.6 Å². The highest BCUT2D eigenvalue weighted by molar-refractivity contribution is 9.10. The lowest BCUT2D eigenvalue weighted by Gasteiger charge is -2.14. The third-order valence-electron chi connectivity index (χ3n) is 2.54. The Morgan fingerprint density at radius 3 is 2.92 bits per heavy atom. The van der Waals surface area contributed by atoms with E-state index in [4.69, 9.17) is 0 Å². The predicted molar refractivity (Wildman–Crippen MR) is 59.0 cm³/mol. The molecule has 70 valence electrons. The predicted octanol–water partition coefficient (Wildman–Crippen LogP) is 2.53. The van der Waals surface area contributed by atoms with Crippen LogP contribution in [-0.4, -0.2) is 13.1 Å². The fourth-order valence-electron chi connectivity index (χ4n) is 1.82. The van der Waals surface area contributed by atoms with E-state index in [-0.39, 0.29) is 0 Å². The Labute approximate surface area is 87.7 Å². The van der Waals surface area contributed by atoms with E-state index in [1.807, 2.05) is 0 Å². The van der Waals surface area contributed by atoms with Gasteiger partial charge in [0.05, 0.1) is 0 Å². The van der Waals surface area contributed by atoms with Crippen LogP contribution in [0.2, 0.25) is 0 Å². The summed E-state index contributed by atoms with van der Waals surface area (Å²) in [5.74, 6) is 0. The molecule has 0 aliphatic carbocycles. The summed E-state index contributed by atoms with van der Waals surface area (Å²) in [6.45, 7) is 2.28. The normalized spacial score (nSPS) is 17.3. The molecule has 0 atom stereocenters. The van der Waals surface area contributed by atoms with Crippen LogP contribution in [0.4, 0.5) is 0 Å². The molecule has 1 N–H and O–H groups in total. The molecule has 0 amide bonds. The molecule has 1 heterocycles. The van der Waals surface area contributed by atoms with E-state index in [1.165, 1.54) is 28.4 Å². The SMILES string of the molecule is Brc1ccc2c(c1)CCNCCC2. The molecular formula is C11H14BrN. The fraction of sp³-hybridized carbons (Fsp3) is 0.455. The average molecular weight is 240 g/mol. The summed E-state index contributed by atoms with van der Waals surface area (Å²) in [6, 6.07) is 6.65. The number of fused-ring (bicyclic) bond motifs is 1. The molecule has 1 aromatic carbocycles. The van der Waals surface area contributed by atoms with Crippen LogP contribution in [0.25, 0.3) is 0 Å². The first-order valence-electron chi connectivity index (χ1n) is 4.84. The number of nitrogens with one attached hydrogen (secondary N) is 1. The zero-order chi connectivity index (χ0) is 9.10. The van der Waals surface area contributed by atoms with Crippen molar-refractivity contribution in [3.63, 3.8) is 0 Å². The van der Waals surface area contributed by atoms with Crippen molar-refractivity contribution >= 4 is 15.9 Å². The molecular weight excluding hydrogens is 226 g/mol. The van der Waals surface area contributed by atoms with E-state index in [1.54, 1.807) is 0 Å². The van der Waals surface area contributed by atoms with Gasteiger partial charge >= 0.3 is 0 Å². The van der Waals surface area contributed by atoms with Crippen molar-refractivity contribution in [3.8, 4) is 0 Å². The molecule has 0 spiro atoms. The first kappa shape index (κ1) is 9.22. The van der Waals surface area contributed by atoms with Gasteiger partial charge in [-0.25, -0.2) is 0 Å². The van der Waals surface area contributed by atoms with Gasteiger partial charge in [0.15, 0.2) is 0 Å². The monoisotopic (exact) mass is 239 g/mol. The van der Waals surface area contributed by atoms with E-state index in [2.05, 4.69) is 39.4 Å². The molecule has 2 heteroatoms. The summed E-state index contributed by atoms with van der Waals surface area (Å²) in [4.78, 5) is 0. The van der Waals surface area contributed by atoms with Crippen LogP contribution in [0, 0.1) is 0 Å². The summed E-state index contributed by atoms with van der Waals surface area (Å²) in [5.41, 5.74) is 3.03. The molecule has 0 saturated heterocycles. The van der Waals surface area contributed by atoms with Crippen LogP contribution < -0.4 is 5.32 Å². The maximum atomic E-state index is 3.52. The van der Waals surface area contributed by atoms with Crippen LogP contribution in [0.15, 0.2) is 22.7 Å². The van der Waals surface area contributed by atoms with Crippen molar-refractivity contribution < 1.29 is 0 Å². The summed E-state index contributed by atoms with van der Waals surface area (Å²) in [7, 11) is 0. The van der Waals surface area contributed by atoms with Gasteiger partial charge in [-0.15, -0.1) is 0 Å². The van der Waals surface area contributed by atoms with E-state index >= 15 is 0 Å². The fourth-order valence-corrected chi connectivity index (χ4v) is 2.23. The number of hydrogen-bond donors (Lipinski definition) is 1. The zero-order valence-corrected chi connectivity index (χ0v) is 9.23. The molecule has 1 aliphatic heterocycles. The Hall–Kier alpha value is -0.340. The first-order valence-corrected chi connectivity index (χ1v) is 5.63. The first-order chi connectivity index (χ1) is 6.36. The standard InChI is InChI=1S/C11H14BrN/c12-11-4-3-9-2-1-6-13-7-5-10(9)8-11/h3-4,8,13H,1-2,5-7H2. The average Bonchev–Trinajstić information content (AvgIpc) is 2.08. The van der Waals surface area contributed by atoms with Crippen LogP contribution >= 0.6 is 15.9 Å². The number of halogens is 1. The van der Waals surface area contributed by atoms with Gasteiger partial charge in [-0.1, -0.05) is 22.0 Å². The highest BCUT2D eigenvalue weighted by Gasteiger charge is 2.05. The van der Waals surface area contributed by atoms with E-state index in [9.17, 15) is 0 Å². The zero-order valence-electron chi connectivity index (χ0n) is 7.65. The molecule has 0 bridgehead atoms. The van der Waals surface area contributed by atoms with E-state index < -0.39 is 0 Å². The Kier molecular flexibility index (Phi) is 3.01. The van der Waals surface area contributed by atoms with Crippen molar-refractivity contribution in [1.82, 2.24) is 5.32 Å². The minimum atomic E-state index is 1.11. The second-order valence-electron chi connectivity index (χ2n) is 3.52. The minimum Gasteiger partial charge on any atom is -0.316 e. The van der Waals surface area contributed by atoms with Crippen LogP contribution in [-0.2, 0) is 12.8 Å². The van der Waals surface area contributed by atoms with Crippen LogP contribution in [0.3, 0.4) is 0 Å². The van der Waals surface area contributed by atoms with Crippen molar-refractivity contribution in [3.05, 3.63) is 33.8 Å². The number of rotatable bonds is 0. The lowest BCUT2D eigenvalue weighted by Crippen LogP contribution is -2.22. The van der Waals surface area contributed by atoms with Gasteiger partial charge in [-0.2, -0.15) is 0 Å². The lowest BCUT2D eigenvalue weighted by molar-refractivity contribution is 0.625. The number of aryl methyl sites for hydroxylation is 1. The van der Waals surface area contributed by atoms with Gasteiger partial charge in [0.2, 0.25) is 0 Å². The smallest absolute Gasteiger partial charge is 0.0178 e. The summed E-state index contributed by atoms with van der Waals surface area (Å²) < 4.78 is 1.20. The van der Waals surface area contributed by atoms with Gasteiger partial charge in [0.1, 0.15) is 0 Å². The molecule has 1 nitrogen and oxygen atoms in total. The molecule has 2 rings (SSSR count). The van der Waals surface area contributed by atoms with Crippen molar-refractivity contribution in [1.29, 1.82) is 0 Å². The number of hydrogen-bond acceptors (Lipinski definition) is 1. The Morgan fingerprint density at radius 2 is 2.00 bits per heavy atom. The van der Waals surface area contributed by atoms with E-state index in [0.29, 0.717) is 0 Å². The topological polar surface area (TPSA) is 12.0 Å². The molecule has 13 heavy (non-hydrogen) atoms. The maximum Gasteiger partial charge on any atom is 0.0178 e. The van der Waals surface area contributed by atoms with Gasteiger partial charge in [0.25, 0.3) is 0 Å². The van der Waals surface area contributed by atoms with Crippen molar-refractivity contribution in [2.45, 2.75) is 19.3 Å². The summed E-state index contributed by atoms with van der Waals surface area (Å²) >= 11 is 3.52. The Balaban J connectivity index is 2.28. The second kappa shape index (κ2) is 4.25. The third kappa shape index (κ3) is 2.32. The maximum absolute atomic E-state index is 3.52. The second-order valence-corrected chi connectivity index (χ2v) is 4.43. The van der Waals surface area contributed by atoms with E-state index in [0.717, 1.165) is 19.5 Å². The van der Waals surface area contributed by atoms with Gasteiger partial charge in [-0.3, -0.25) is 0 Å². The largest absolute Gasteiger partial charge is 0.316 e. The Bertz CT molecular complexity index is 296. The van der Waals surface area contributed by atoms with Crippen LogP contribution in [0.1, 0.15) is 17.5 Å². The highest BCUT2D eigenvalue weighted by Crippen LogP contribution is 2.19. The molecule has 1 aliphatic rings.